The van der Waals surface area contributed by atoms with E-state index in [9.17, 15) is 21.6 Å². The molecule has 3 aromatic rings. The maximum Gasteiger partial charge on any atom is 0.338 e. The van der Waals surface area contributed by atoms with Gasteiger partial charge in [-0.15, -0.1) is 0 Å². The second-order valence-electron chi connectivity index (χ2n) is 7.54. The Morgan fingerprint density at radius 1 is 1.06 bits per heavy atom. The highest BCUT2D eigenvalue weighted by molar-refractivity contribution is 7.90. The number of nitrogens with zero attached hydrogens (tertiary/aromatic N) is 3. The number of aryl methyl sites for hydroxylation is 2. The van der Waals surface area contributed by atoms with Crippen LogP contribution in [0.2, 0.25) is 0 Å². The van der Waals surface area contributed by atoms with Crippen molar-refractivity contribution in [2.75, 3.05) is 20.4 Å². The van der Waals surface area contributed by atoms with Crippen LogP contribution in [0.4, 0.5) is 0 Å². The monoisotopic (exact) mass is 479 g/mol. The molecule has 0 aliphatic rings. The zero-order chi connectivity index (χ0) is 23.8. The molecule has 3 rings (SSSR count). The molecule has 0 radical (unpaired) electrons. The standard InChI is InChI=1S/C21H25N3O6S2/c1-6-24-19-10-9-16(32(28,29)23(3)4)12-18(19)22-20(24)13-30-21(25)17-11-15(31(5,26)27)8-7-14(17)2/h7-12H,6,13H2,1-5H3. The summed E-state index contributed by atoms with van der Waals surface area (Å²) in [4.78, 5) is 17.3. The van der Waals surface area contributed by atoms with Crippen molar-refractivity contribution in [3.63, 3.8) is 0 Å². The SMILES string of the molecule is CCn1c(COC(=O)c2cc(S(C)(=O)=O)ccc2C)nc2cc(S(=O)(=O)N(C)C)ccc21. The lowest BCUT2D eigenvalue weighted by Gasteiger charge is -2.11. The van der Waals surface area contributed by atoms with Gasteiger partial charge in [0.1, 0.15) is 12.4 Å². The number of aromatic nitrogens is 2. The van der Waals surface area contributed by atoms with E-state index in [1.165, 1.54) is 38.4 Å². The summed E-state index contributed by atoms with van der Waals surface area (Å²) in [5.41, 5.74) is 1.93. The van der Waals surface area contributed by atoms with E-state index in [1.54, 1.807) is 19.1 Å². The first-order valence-corrected chi connectivity index (χ1v) is 13.1. The van der Waals surface area contributed by atoms with Crippen LogP contribution in [-0.4, -0.2) is 57.0 Å². The van der Waals surface area contributed by atoms with Crippen LogP contribution in [0.1, 0.15) is 28.7 Å². The Bertz CT molecular complexity index is 1410. The van der Waals surface area contributed by atoms with Crippen LogP contribution in [0.15, 0.2) is 46.2 Å². The van der Waals surface area contributed by atoms with Crippen molar-refractivity contribution >= 4 is 36.9 Å². The molecule has 2 aromatic carbocycles. The highest BCUT2D eigenvalue weighted by atomic mass is 32.2. The van der Waals surface area contributed by atoms with Crippen molar-refractivity contribution in [1.82, 2.24) is 13.9 Å². The average molecular weight is 480 g/mol. The minimum absolute atomic E-state index is 0.0328. The first-order valence-electron chi connectivity index (χ1n) is 9.75. The highest BCUT2D eigenvalue weighted by Gasteiger charge is 2.21. The Kier molecular flexibility index (Phi) is 6.45. The van der Waals surface area contributed by atoms with Crippen molar-refractivity contribution < 1.29 is 26.4 Å². The van der Waals surface area contributed by atoms with E-state index in [0.717, 1.165) is 10.6 Å². The van der Waals surface area contributed by atoms with Crippen LogP contribution in [0.25, 0.3) is 11.0 Å². The van der Waals surface area contributed by atoms with Gasteiger partial charge in [-0.05, 0) is 49.7 Å². The van der Waals surface area contributed by atoms with Gasteiger partial charge in [0.05, 0.1) is 26.4 Å². The fourth-order valence-corrected chi connectivity index (χ4v) is 4.82. The molecule has 1 heterocycles. The number of fused-ring (bicyclic) bond motifs is 1. The Balaban J connectivity index is 1.92. The molecule has 0 aliphatic carbocycles. The average Bonchev–Trinajstić information content (AvgIpc) is 3.07. The molecule has 0 saturated carbocycles. The topological polar surface area (TPSA) is 116 Å². The van der Waals surface area contributed by atoms with E-state index in [4.69, 9.17) is 4.74 Å². The zero-order valence-corrected chi connectivity index (χ0v) is 20.1. The summed E-state index contributed by atoms with van der Waals surface area (Å²) in [6, 6.07) is 8.98. The second kappa shape index (κ2) is 8.64. The molecule has 1 aromatic heterocycles. The summed E-state index contributed by atoms with van der Waals surface area (Å²) in [5.74, 6) is -0.217. The molecular weight excluding hydrogens is 454 g/mol. The number of hydrogen-bond acceptors (Lipinski definition) is 7. The Labute approximate surface area is 187 Å². The van der Waals surface area contributed by atoms with Gasteiger partial charge < -0.3 is 9.30 Å². The smallest absolute Gasteiger partial charge is 0.338 e. The maximum absolute atomic E-state index is 12.7. The van der Waals surface area contributed by atoms with Crippen LogP contribution in [-0.2, 0) is 37.7 Å². The number of carbonyl (C=O) groups excluding carboxylic acids is 1. The molecule has 0 aliphatic heterocycles. The van der Waals surface area contributed by atoms with Crippen molar-refractivity contribution in [3.8, 4) is 0 Å². The number of sulfonamides is 1. The molecule has 0 bridgehead atoms. The number of imidazole rings is 1. The Morgan fingerprint density at radius 3 is 2.31 bits per heavy atom. The number of carbonyl (C=O) groups is 1. The molecule has 172 valence electrons. The van der Waals surface area contributed by atoms with E-state index in [1.807, 2.05) is 11.5 Å². The third-order valence-electron chi connectivity index (χ3n) is 5.08. The number of hydrogen-bond donors (Lipinski definition) is 0. The summed E-state index contributed by atoms with van der Waals surface area (Å²) in [6.07, 6.45) is 1.07. The molecule has 0 N–H and O–H groups in total. The summed E-state index contributed by atoms with van der Waals surface area (Å²) < 4.78 is 56.8. The molecule has 0 atom stereocenters. The molecular formula is C21H25N3O6S2. The molecule has 11 heteroatoms. The van der Waals surface area contributed by atoms with Crippen LogP contribution in [0, 0.1) is 6.92 Å². The summed E-state index contributed by atoms with van der Waals surface area (Å²) in [6.45, 7) is 3.97. The molecule has 9 nitrogen and oxygen atoms in total. The van der Waals surface area contributed by atoms with Crippen LogP contribution >= 0.6 is 0 Å². The quantitative estimate of drug-likeness (QED) is 0.478. The predicted molar refractivity (Wildman–Crippen MR) is 120 cm³/mol. The fraction of sp³-hybridized carbons (Fsp3) is 0.333. The Morgan fingerprint density at radius 2 is 1.72 bits per heavy atom. The molecule has 0 fully saturated rings. The lowest BCUT2D eigenvalue weighted by atomic mass is 10.1. The number of benzene rings is 2. The van der Waals surface area contributed by atoms with Gasteiger partial charge >= 0.3 is 5.97 Å². The maximum atomic E-state index is 12.7. The van der Waals surface area contributed by atoms with Gasteiger partial charge in [-0.1, -0.05) is 6.07 Å². The van der Waals surface area contributed by atoms with Gasteiger partial charge in [0.15, 0.2) is 9.84 Å². The van der Waals surface area contributed by atoms with Gasteiger partial charge in [-0.2, -0.15) is 0 Å². The highest BCUT2D eigenvalue weighted by Crippen LogP contribution is 2.23. The number of ether oxygens (including phenoxy) is 1. The van der Waals surface area contributed by atoms with Crippen molar-refractivity contribution in [2.45, 2.75) is 36.8 Å². The van der Waals surface area contributed by atoms with Gasteiger partial charge in [0.2, 0.25) is 10.0 Å². The predicted octanol–water partition coefficient (Wildman–Crippen LogP) is 2.38. The fourth-order valence-electron chi connectivity index (χ4n) is 3.25. The van der Waals surface area contributed by atoms with Crippen molar-refractivity contribution in [3.05, 3.63) is 53.3 Å². The minimum Gasteiger partial charge on any atom is -0.454 e. The minimum atomic E-state index is -3.61. The summed E-state index contributed by atoms with van der Waals surface area (Å²) in [5, 5.41) is 0. The number of rotatable bonds is 7. The van der Waals surface area contributed by atoms with E-state index < -0.39 is 25.8 Å². The van der Waals surface area contributed by atoms with Crippen molar-refractivity contribution in [2.24, 2.45) is 0 Å². The van der Waals surface area contributed by atoms with Crippen LogP contribution < -0.4 is 0 Å². The largest absolute Gasteiger partial charge is 0.454 e. The Hall–Kier alpha value is -2.76. The molecule has 0 amide bonds. The third-order valence-corrected chi connectivity index (χ3v) is 8.00. The molecule has 0 saturated heterocycles. The second-order valence-corrected chi connectivity index (χ2v) is 11.7. The van der Waals surface area contributed by atoms with Crippen LogP contribution in [0.5, 0.6) is 0 Å². The summed E-state index contributed by atoms with van der Waals surface area (Å²) >= 11 is 0. The number of sulfone groups is 1. The molecule has 32 heavy (non-hydrogen) atoms. The molecule has 0 spiro atoms. The van der Waals surface area contributed by atoms with E-state index in [0.29, 0.717) is 29.0 Å². The lowest BCUT2D eigenvalue weighted by molar-refractivity contribution is 0.0457. The normalized spacial score (nSPS) is 12.4. The molecule has 0 unspecified atom stereocenters. The van der Waals surface area contributed by atoms with Crippen LogP contribution in [0.3, 0.4) is 0 Å². The van der Waals surface area contributed by atoms with E-state index in [-0.39, 0.29) is 22.0 Å². The van der Waals surface area contributed by atoms with Gasteiger partial charge in [-0.25, -0.2) is 30.9 Å². The third kappa shape index (κ3) is 4.54. The first-order chi connectivity index (χ1) is 14.9. The van der Waals surface area contributed by atoms with E-state index >= 15 is 0 Å². The summed E-state index contributed by atoms with van der Waals surface area (Å²) in [7, 11) is -4.17. The van der Waals surface area contributed by atoms with Crippen molar-refractivity contribution in [1.29, 1.82) is 0 Å². The van der Waals surface area contributed by atoms with E-state index in [2.05, 4.69) is 4.98 Å². The lowest BCUT2D eigenvalue weighted by Crippen LogP contribution is -2.22. The first kappa shape index (κ1) is 23.9. The number of esters is 1. The van der Waals surface area contributed by atoms with Gasteiger partial charge in [-0.3, -0.25) is 0 Å². The van der Waals surface area contributed by atoms with Gasteiger partial charge in [0.25, 0.3) is 0 Å². The van der Waals surface area contributed by atoms with Gasteiger partial charge in [0, 0.05) is 26.9 Å². The zero-order valence-electron chi connectivity index (χ0n) is 18.5.